The van der Waals surface area contributed by atoms with Gasteiger partial charge in [0.25, 0.3) is 0 Å². The zero-order valence-corrected chi connectivity index (χ0v) is 12.9. The van der Waals surface area contributed by atoms with Crippen molar-refractivity contribution in [2.24, 2.45) is 0 Å². The zero-order valence-electron chi connectivity index (χ0n) is 12.0. The van der Waals surface area contributed by atoms with Gasteiger partial charge in [0.1, 0.15) is 5.01 Å². The highest BCUT2D eigenvalue weighted by molar-refractivity contribution is 7.13. The molecule has 122 valence electrons. The minimum absolute atomic E-state index is 0.161. The molecule has 0 spiro atoms. The van der Waals surface area contributed by atoms with Gasteiger partial charge in [0.2, 0.25) is 0 Å². The quantitative estimate of drug-likeness (QED) is 0.707. The number of carbonyl (C=O) groups is 1. The summed E-state index contributed by atoms with van der Waals surface area (Å²) in [5, 5.41) is 11.2. The maximum atomic E-state index is 12.8. The lowest BCUT2D eigenvalue weighted by atomic mass is 10.1. The van der Waals surface area contributed by atoms with Gasteiger partial charge < -0.3 is 5.11 Å². The third kappa shape index (κ3) is 3.30. The minimum Gasteiger partial charge on any atom is -0.478 e. The number of hydrogen-bond donors (Lipinski definition) is 1. The summed E-state index contributed by atoms with van der Waals surface area (Å²) in [6.07, 6.45) is -4.40. The summed E-state index contributed by atoms with van der Waals surface area (Å²) in [7, 11) is 0. The number of thiazole rings is 1. The van der Waals surface area contributed by atoms with Crippen LogP contribution in [-0.2, 0) is 6.18 Å². The summed E-state index contributed by atoms with van der Waals surface area (Å²) in [4.78, 5) is 15.2. The Labute approximate surface area is 139 Å². The van der Waals surface area contributed by atoms with Crippen LogP contribution in [0, 0.1) is 0 Å². The first kappa shape index (κ1) is 16.2. The van der Waals surface area contributed by atoms with Crippen molar-refractivity contribution in [2.75, 3.05) is 0 Å². The third-order valence-corrected chi connectivity index (χ3v) is 4.26. The second-order valence-electron chi connectivity index (χ2n) is 5.00. The number of rotatable bonds is 3. The average Bonchev–Trinajstić information content (AvgIpc) is 3.04. The maximum Gasteiger partial charge on any atom is 0.416 e. The fourth-order valence-corrected chi connectivity index (χ4v) is 2.98. The monoisotopic (exact) mass is 349 g/mol. The van der Waals surface area contributed by atoms with Gasteiger partial charge in [-0.25, -0.2) is 9.78 Å². The van der Waals surface area contributed by atoms with Crippen molar-refractivity contribution in [3.63, 3.8) is 0 Å². The third-order valence-electron chi connectivity index (χ3n) is 3.37. The molecule has 0 saturated heterocycles. The van der Waals surface area contributed by atoms with E-state index >= 15 is 0 Å². The van der Waals surface area contributed by atoms with E-state index in [-0.39, 0.29) is 5.56 Å². The van der Waals surface area contributed by atoms with E-state index < -0.39 is 17.7 Å². The molecule has 0 saturated carbocycles. The summed E-state index contributed by atoms with van der Waals surface area (Å²) in [5.41, 5.74) is 0.981. The van der Waals surface area contributed by atoms with E-state index in [2.05, 4.69) is 4.98 Å². The fraction of sp³-hybridized carbons (Fsp3) is 0.0588. The van der Waals surface area contributed by atoms with Crippen molar-refractivity contribution in [1.29, 1.82) is 0 Å². The molecule has 24 heavy (non-hydrogen) atoms. The highest BCUT2D eigenvalue weighted by Gasteiger charge is 2.30. The van der Waals surface area contributed by atoms with Crippen molar-refractivity contribution in [2.45, 2.75) is 6.18 Å². The lowest BCUT2D eigenvalue weighted by molar-refractivity contribution is -0.137. The van der Waals surface area contributed by atoms with Crippen LogP contribution < -0.4 is 0 Å². The lowest BCUT2D eigenvalue weighted by Crippen LogP contribution is -2.04. The normalized spacial score (nSPS) is 11.5. The molecule has 0 unspecified atom stereocenters. The number of hydrogen-bond acceptors (Lipinski definition) is 3. The van der Waals surface area contributed by atoms with Crippen LogP contribution in [0.1, 0.15) is 15.9 Å². The highest BCUT2D eigenvalue weighted by Crippen LogP contribution is 2.34. The van der Waals surface area contributed by atoms with Crippen LogP contribution in [0.2, 0.25) is 0 Å². The Kier molecular flexibility index (Phi) is 4.11. The molecule has 0 atom stereocenters. The second kappa shape index (κ2) is 6.09. The van der Waals surface area contributed by atoms with Crippen LogP contribution in [-0.4, -0.2) is 16.1 Å². The first-order chi connectivity index (χ1) is 11.3. The van der Waals surface area contributed by atoms with E-state index in [1.807, 2.05) is 0 Å². The lowest BCUT2D eigenvalue weighted by Gasteiger charge is -2.07. The summed E-state index contributed by atoms with van der Waals surface area (Å²) < 4.78 is 38.4. The predicted octanol–water partition coefficient (Wildman–Crippen LogP) is 5.19. The van der Waals surface area contributed by atoms with Crippen molar-refractivity contribution in [3.05, 3.63) is 65.0 Å². The van der Waals surface area contributed by atoms with Gasteiger partial charge in [0.15, 0.2) is 0 Å². The molecule has 0 bridgehead atoms. The van der Waals surface area contributed by atoms with Gasteiger partial charge in [-0.15, -0.1) is 11.3 Å². The molecule has 0 aliphatic rings. The second-order valence-corrected chi connectivity index (χ2v) is 5.86. The Morgan fingerprint density at radius 2 is 1.75 bits per heavy atom. The number of alkyl halides is 3. The molecule has 0 aliphatic heterocycles. The Hall–Kier alpha value is -2.67. The van der Waals surface area contributed by atoms with Crippen LogP contribution in [0.25, 0.3) is 21.8 Å². The molecule has 0 fully saturated rings. The van der Waals surface area contributed by atoms with E-state index in [1.165, 1.54) is 29.5 Å². The molecular weight excluding hydrogens is 339 g/mol. The van der Waals surface area contributed by atoms with Crippen LogP contribution in [0.5, 0.6) is 0 Å². The summed E-state index contributed by atoms with van der Waals surface area (Å²) in [6.45, 7) is 0. The first-order valence-electron chi connectivity index (χ1n) is 6.81. The van der Waals surface area contributed by atoms with E-state index in [0.717, 1.165) is 12.1 Å². The largest absolute Gasteiger partial charge is 0.478 e. The summed E-state index contributed by atoms with van der Waals surface area (Å²) in [6, 6.07) is 11.2. The Morgan fingerprint density at radius 1 is 1.04 bits per heavy atom. The van der Waals surface area contributed by atoms with Gasteiger partial charge in [0.05, 0.1) is 16.8 Å². The van der Waals surface area contributed by atoms with E-state index in [9.17, 15) is 18.0 Å². The summed E-state index contributed by atoms with van der Waals surface area (Å²) >= 11 is 1.29. The number of benzene rings is 2. The SMILES string of the molecule is O=C(O)c1ccc(-c2nc(-c3cccc(C(F)(F)F)c3)cs2)cc1. The van der Waals surface area contributed by atoms with Gasteiger partial charge in [-0.3, -0.25) is 0 Å². The highest BCUT2D eigenvalue weighted by atomic mass is 32.1. The molecule has 0 radical (unpaired) electrons. The van der Waals surface area contributed by atoms with Gasteiger partial charge in [-0.2, -0.15) is 13.2 Å². The number of aromatic nitrogens is 1. The standard InChI is InChI=1S/C17H10F3NO2S/c18-17(19,20)13-3-1-2-12(8-13)14-9-24-15(21-14)10-4-6-11(7-5-10)16(22)23/h1-9H,(H,22,23). The van der Waals surface area contributed by atoms with Crippen LogP contribution in [0.4, 0.5) is 13.2 Å². The number of halogens is 3. The smallest absolute Gasteiger partial charge is 0.416 e. The van der Waals surface area contributed by atoms with Crippen LogP contribution >= 0.6 is 11.3 Å². The molecule has 0 amide bonds. The maximum absolute atomic E-state index is 12.8. The molecule has 1 heterocycles. The van der Waals surface area contributed by atoms with Gasteiger partial charge >= 0.3 is 12.1 Å². The Bertz CT molecular complexity index is 885. The van der Waals surface area contributed by atoms with Crippen LogP contribution in [0.3, 0.4) is 0 Å². The number of carboxylic acid groups (broad SMARTS) is 1. The topological polar surface area (TPSA) is 50.2 Å². The van der Waals surface area contributed by atoms with Gasteiger partial charge in [0, 0.05) is 16.5 Å². The van der Waals surface area contributed by atoms with Crippen molar-refractivity contribution >= 4 is 17.3 Å². The molecule has 2 aromatic carbocycles. The Morgan fingerprint density at radius 3 is 2.38 bits per heavy atom. The molecule has 1 aromatic heterocycles. The number of nitrogens with zero attached hydrogens (tertiary/aromatic N) is 1. The molecule has 0 aliphatic carbocycles. The number of aromatic carboxylic acids is 1. The molecule has 7 heteroatoms. The first-order valence-corrected chi connectivity index (χ1v) is 7.69. The van der Waals surface area contributed by atoms with E-state index in [4.69, 9.17) is 5.11 Å². The predicted molar refractivity (Wildman–Crippen MR) is 84.9 cm³/mol. The zero-order chi connectivity index (χ0) is 17.3. The van der Waals surface area contributed by atoms with E-state index in [1.54, 1.807) is 23.6 Å². The summed E-state index contributed by atoms with van der Waals surface area (Å²) in [5.74, 6) is -1.02. The molecular formula is C17H10F3NO2S. The Balaban J connectivity index is 1.92. The molecule has 3 rings (SSSR count). The van der Waals surface area contributed by atoms with Crippen molar-refractivity contribution in [3.8, 4) is 21.8 Å². The minimum atomic E-state index is -4.40. The van der Waals surface area contributed by atoms with Crippen LogP contribution in [0.15, 0.2) is 53.9 Å². The van der Waals surface area contributed by atoms with E-state index in [0.29, 0.717) is 21.8 Å². The van der Waals surface area contributed by atoms with Gasteiger partial charge in [-0.05, 0) is 24.3 Å². The van der Waals surface area contributed by atoms with Gasteiger partial charge in [-0.1, -0.05) is 24.3 Å². The van der Waals surface area contributed by atoms with Crippen molar-refractivity contribution in [1.82, 2.24) is 4.98 Å². The van der Waals surface area contributed by atoms with Crippen molar-refractivity contribution < 1.29 is 23.1 Å². The average molecular weight is 349 g/mol. The molecule has 3 aromatic rings. The molecule has 3 nitrogen and oxygen atoms in total. The molecule has 1 N–H and O–H groups in total. The number of carboxylic acids is 1. The fourth-order valence-electron chi connectivity index (χ4n) is 2.15.